The molecule has 3 nitrogen and oxygen atoms in total. The smallest absolute Gasteiger partial charge is 0.219 e. The molecule has 2 aliphatic rings. The van der Waals surface area contributed by atoms with Crippen LogP contribution >= 0.6 is 0 Å². The molecule has 1 aliphatic carbocycles. The maximum Gasteiger partial charge on any atom is 0.219 e. The van der Waals surface area contributed by atoms with E-state index < -0.39 is 0 Å². The van der Waals surface area contributed by atoms with Gasteiger partial charge in [0.25, 0.3) is 0 Å². The van der Waals surface area contributed by atoms with Crippen LogP contribution in [-0.2, 0) is 4.79 Å². The second-order valence-electron chi connectivity index (χ2n) is 4.13. The Balaban J connectivity index is 2.10. The van der Waals surface area contributed by atoms with Gasteiger partial charge in [-0.15, -0.1) is 0 Å². The van der Waals surface area contributed by atoms with E-state index in [-0.39, 0.29) is 11.4 Å². The Labute approximate surface area is 73.3 Å². The van der Waals surface area contributed by atoms with E-state index in [1.807, 2.05) is 0 Å². The number of nitrogens with zero attached hydrogens (tertiary/aromatic N) is 2. The summed E-state index contributed by atoms with van der Waals surface area (Å²) in [7, 11) is 2.14. The fraction of sp³-hybridized carbons (Fsp3) is 0.889. The van der Waals surface area contributed by atoms with Gasteiger partial charge in [0.1, 0.15) is 0 Å². The Bertz CT molecular complexity index is 211. The predicted octanol–water partition coefficient (Wildman–Crippen LogP) is 0.313. The predicted molar refractivity (Wildman–Crippen MR) is 46.8 cm³/mol. The van der Waals surface area contributed by atoms with Crippen molar-refractivity contribution in [2.45, 2.75) is 25.3 Å². The van der Waals surface area contributed by atoms with Crippen LogP contribution in [0.5, 0.6) is 0 Å². The van der Waals surface area contributed by atoms with Gasteiger partial charge < -0.3 is 9.80 Å². The molecule has 1 saturated carbocycles. The number of rotatable bonds is 0. The van der Waals surface area contributed by atoms with E-state index in [1.54, 1.807) is 6.92 Å². The van der Waals surface area contributed by atoms with E-state index in [0.29, 0.717) is 0 Å². The van der Waals surface area contributed by atoms with Crippen LogP contribution in [0.15, 0.2) is 0 Å². The van der Waals surface area contributed by atoms with Gasteiger partial charge in [0.05, 0.1) is 5.54 Å². The second-order valence-corrected chi connectivity index (χ2v) is 4.13. The monoisotopic (exact) mass is 168 g/mol. The Morgan fingerprint density at radius 2 is 2.00 bits per heavy atom. The standard InChI is InChI=1S/C9H16N2O/c1-8(12)11-6-5-10(2)7-9(11)3-4-9/h3-7H2,1-2H3. The minimum atomic E-state index is 0.249. The number of piperazine rings is 1. The molecule has 3 heteroatoms. The van der Waals surface area contributed by atoms with Crippen LogP contribution < -0.4 is 0 Å². The summed E-state index contributed by atoms with van der Waals surface area (Å²) in [5.74, 6) is 0.251. The number of carbonyl (C=O) groups excluding carboxylic acids is 1. The molecule has 0 aromatic heterocycles. The zero-order chi connectivity index (χ0) is 8.77. The number of carbonyl (C=O) groups is 1. The largest absolute Gasteiger partial charge is 0.335 e. The average Bonchev–Trinajstić information content (AvgIpc) is 2.68. The average molecular weight is 168 g/mol. The molecule has 1 saturated heterocycles. The highest BCUT2D eigenvalue weighted by molar-refractivity contribution is 5.75. The lowest BCUT2D eigenvalue weighted by molar-refractivity contribution is -0.134. The SMILES string of the molecule is CC(=O)N1CCN(C)CC12CC2. The third-order valence-corrected chi connectivity index (χ3v) is 3.05. The van der Waals surface area contributed by atoms with Crippen LogP contribution in [0.1, 0.15) is 19.8 Å². The van der Waals surface area contributed by atoms with Gasteiger partial charge in [-0.25, -0.2) is 0 Å². The van der Waals surface area contributed by atoms with Crippen molar-refractivity contribution >= 4 is 5.91 Å². The summed E-state index contributed by atoms with van der Waals surface area (Å²) in [5, 5.41) is 0. The van der Waals surface area contributed by atoms with Crippen LogP contribution in [0.3, 0.4) is 0 Å². The lowest BCUT2D eigenvalue weighted by Crippen LogP contribution is -2.55. The molecule has 2 fully saturated rings. The van der Waals surface area contributed by atoms with E-state index in [0.717, 1.165) is 19.6 Å². The molecule has 0 radical (unpaired) electrons. The molecule has 2 rings (SSSR count). The van der Waals surface area contributed by atoms with Crippen molar-refractivity contribution in [3.8, 4) is 0 Å². The molecule has 0 aromatic rings. The number of likely N-dealkylation sites (N-methyl/N-ethyl adjacent to an activating group) is 1. The Kier molecular flexibility index (Phi) is 1.65. The van der Waals surface area contributed by atoms with Crippen molar-refractivity contribution in [3.05, 3.63) is 0 Å². The molecule has 0 aromatic carbocycles. The quantitative estimate of drug-likeness (QED) is 0.520. The van der Waals surface area contributed by atoms with Crippen LogP contribution in [0.25, 0.3) is 0 Å². The summed E-state index contributed by atoms with van der Waals surface area (Å²) < 4.78 is 0. The Morgan fingerprint density at radius 3 is 2.50 bits per heavy atom. The van der Waals surface area contributed by atoms with Gasteiger partial charge in [-0.3, -0.25) is 4.79 Å². The third kappa shape index (κ3) is 1.12. The maximum absolute atomic E-state index is 11.3. The zero-order valence-corrected chi connectivity index (χ0v) is 7.84. The first-order valence-electron chi connectivity index (χ1n) is 4.61. The van der Waals surface area contributed by atoms with Gasteiger partial charge in [-0.2, -0.15) is 0 Å². The molecule has 0 N–H and O–H groups in total. The highest BCUT2D eigenvalue weighted by Crippen LogP contribution is 2.43. The van der Waals surface area contributed by atoms with Crippen molar-refractivity contribution in [2.24, 2.45) is 0 Å². The molecule has 1 heterocycles. The van der Waals surface area contributed by atoms with Gasteiger partial charge in [0.2, 0.25) is 5.91 Å². The second kappa shape index (κ2) is 2.46. The van der Waals surface area contributed by atoms with Crippen LogP contribution in [0, 0.1) is 0 Å². The molecule has 12 heavy (non-hydrogen) atoms. The normalized spacial score (nSPS) is 27.7. The Morgan fingerprint density at radius 1 is 1.33 bits per heavy atom. The van der Waals surface area contributed by atoms with E-state index in [1.165, 1.54) is 12.8 Å². The van der Waals surface area contributed by atoms with Crippen LogP contribution in [-0.4, -0.2) is 47.9 Å². The molecule has 0 atom stereocenters. The fourth-order valence-corrected chi connectivity index (χ4v) is 2.24. The van der Waals surface area contributed by atoms with Crippen molar-refractivity contribution in [1.82, 2.24) is 9.80 Å². The Hall–Kier alpha value is -0.570. The number of hydrogen-bond donors (Lipinski definition) is 0. The summed E-state index contributed by atoms with van der Waals surface area (Å²) >= 11 is 0. The summed E-state index contributed by atoms with van der Waals surface area (Å²) in [6.07, 6.45) is 2.41. The summed E-state index contributed by atoms with van der Waals surface area (Å²) in [5.41, 5.74) is 0.249. The van der Waals surface area contributed by atoms with Crippen LogP contribution in [0.2, 0.25) is 0 Å². The van der Waals surface area contributed by atoms with Gasteiger partial charge >= 0.3 is 0 Å². The molecule has 1 aliphatic heterocycles. The molecule has 1 amide bonds. The maximum atomic E-state index is 11.3. The van der Waals surface area contributed by atoms with E-state index in [9.17, 15) is 4.79 Å². The van der Waals surface area contributed by atoms with Gasteiger partial charge in [-0.05, 0) is 19.9 Å². The minimum absolute atomic E-state index is 0.249. The van der Waals surface area contributed by atoms with Gasteiger partial charge in [0.15, 0.2) is 0 Å². The topological polar surface area (TPSA) is 23.6 Å². The highest BCUT2D eigenvalue weighted by atomic mass is 16.2. The van der Waals surface area contributed by atoms with Crippen molar-refractivity contribution in [3.63, 3.8) is 0 Å². The summed E-state index contributed by atoms with van der Waals surface area (Å²) in [6.45, 7) is 4.71. The lowest BCUT2D eigenvalue weighted by atomic mass is 10.1. The fourth-order valence-electron chi connectivity index (χ4n) is 2.24. The van der Waals surface area contributed by atoms with Crippen molar-refractivity contribution in [2.75, 3.05) is 26.7 Å². The molecule has 0 unspecified atom stereocenters. The first-order chi connectivity index (χ1) is 5.64. The number of amides is 1. The summed E-state index contributed by atoms with van der Waals surface area (Å²) in [6, 6.07) is 0. The third-order valence-electron chi connectivity index (χ3n) is 3.05. The minimum Gasteiger partial charge on any atom is -0.335 e. The van der Waals surface area contributed by atoms with Gasteiger partial charge in [0, 0.05) is 26.6 Å². The first-order valence-corrected chi connectivity index (χ1v) is 4.61. The molecule has 1 spiro atoms. The van der Waals surface area contributed by atoms with Gasteiger partial charge in [-0.1, -0.05) is 0 Å². The van der Waals surface area contributed by atoms with Crippen molar-refractivity contribution in [1.29, 1.82) is 0 Å². The molecule has 68 valence electrons. The first kappa shape index (κ1) is 8.05. The van der Waals surface area contributed by atoms with Crippen LogP contribution in [0.4, 0.5) is 0 Å². The lowest BCUT2D eigenvalue weighted by Gasteiger charge is -2.40. The van der Waals surface area contributed by atoms with E-state index >= 15 is 0 Å². The van der Waals surface area contributed by atoms with E-state index in [4.69, 9.17) is 0 Å². The number of hydrogen-bond acceptors (Lipinski definition) is 2. The molecular formula is C9H16N2O. The van der Waals surface area contributed by atoms with Crippen molar-refractivity contribution < 1.29 is 4.79 Å². The highest BCUT2D eigenvalue weighted by Gasteiger charge is 2.51. The summed E-state index contributed by atoms with van der Waals surface area (Å²) in [4.78, 5) is 15.7. The van der Waals surface area contributed by atoms with E-state index in [2.05, 4.69) is 16.8 Å². The zero-order valence-electron chi connectivity index (χ0n) is 7.84. The molecule has 0 bridgehead atoms. The molecular weight excluding hydrogens is 152 g/mol.